The molecule has 0 spiro atoms. The fraction of sp³-hybridized carbons (Fsp3) is 0.556. The number of rotatable bonds is 6. The minimum Gasteiger partial charge on any atom is -0.353 e. The Morgan fingerprint density at radius 2 is 2.07 bits per heavy atom. The molecule has 0 bridgehead atoms. The Kier molecular flexibility index (Phi) is 7.25. The Morgan fingerprint density at radius 3 is 2.74 bits per heavy atom. The summed E-state index contributed by atoms with van der Waals surface area (Å²) < 4.78 is 27.0. The standard InChI is InChI=1S/C18H26N4O3S.ClH/c1-12(2)10-15(18(23)20-11-13-6-5-9-19-13)21-17-14-7-3-4-8-16(14)26(24,25)22-17;/h3-4,7-8,12-13,15,19H,5-6,9-11H2,1-2H3,(H,20,23)(H,21,22);1H. The largest absolute Gasteiger partial charge is 0.353 e. The molecule has 0 aromatic heterocycles. The average molecular weight is 415 g/mol. The van der Waals surface area contributed by atoms with Gasteiger partial charge in [0, 0.05) is 18.2 Å². The summed E-state index contributed by atoms with van der Waals surface area (Å²) in [6.45, 7) is 5.59. The molecular weight excluding hydrogens is 388 g/mol. The van der Waals surface area contributed by atoms with E-state index >= 15 is 0 Å². The molecule has 2 unspecified atom stereocenters. The third-order valence-corrected chi connectivity index (χ3v) is 6.03. The number of aliphatic imine (C=N–C) groups is 1. The lowest BCUT2D eigenvalue weighted by molar-refractivity contribution is -0.122. The van der Waals surface area contributed by atoms with E-state index < -0.39 is 16.1 Å². The highest BCUT2D eigenvalue weighted by atomic mass is 35.5. The van der Waals surface area contributed by atoms with E-state index in [-0.39, 0.29) is 35.0 Å². The average Bonchev–Trinajstić information content (AvgIpc) is 3.19. The highest BCUT2D eigenvalue weighted by Gasteiger charge is 2.32. The van der Waals surface area contributed by atoms with E-state index in [2.05, 4.69) is 20.3 Å². The molecule has 9 heteroatoms. The maximum Gasteiger partial charge on any atom is 0.263 e. The molecule has 7 nitrogen and oxygen atoms in total. The van der Waals surface area contributed by atoms with Crippen molar-refractivity contribution < 1.29 is 13.2 Å². The molecule has 0 radical (unpaired) electrons. The van der Waals surface area contributed by atoms with Gasteiger partial charge in [0.05, 0.1) is 4.90 Å². The van der Waals surface area contributed by atoms with Crippen LogP contribution in [0.2, 0.25) is 0 Å². The van der Waals surface area contributed by atoms with Crippen molar-refractivity contribution in [2.75, 3.05) is 13.1 Å². The first-order valence-corrected chi connectivity index (χ1v) is 10.6. The van der Waals surface area contributed by atoms with Gasteiger partial charge in [-0.3, -0.25) is 14.5 Å². The van der Waals surface area contributed by atoms with Crippen LogP contribution < -0.4 is 15.4 Å². The number of amides is 1. The Bertz CT molecular complexity index is 805. The van der Waals surface area contributed by atoms with Gasteiger partial charge in [-0.05, 0) is 43.9 Å². The normalized spacial score (nSPS) is 22.8. The minimum absolute atomic E-state index is 0. The number of fused-ring (bicyclic) bond motifs is 1. The predicted octanol–water partition coefficient (Wildman–Crippen LogP) is 1.43. The van der Waals surface area contributed by atoms with E-state index in [4.69, 9.17) is 0 Å². The summed E-state index contributed by atoms with van der Waals surface area (Å²) in [4.78, 5) is 17.4. The second-order valence-corrected chi connectivity index (χ2v) is 8.91. The molecule has 3 N–H and O–H groups in total. The van der Waals surface area contributed by atoms with Gasteiger partial charge in [-0.25, -0.2) is 8.42 Å². The molecule has 1 aromatic rings. The summed E-state index contributed by atoms with van der Waals surface area (Å²) in [6, 6.07) is 6.37. The summed E-state index contributed by atoms with van der Waals surface area (Å²) in [7, 11) is -3.60. The number of halogens is 1. The van der Waals surface area contributed by atoms with Gasteiger partial charge in [0.2, 0.25) is 5.91 Å². The van der Waals surface area contributed by atoms with Crippen LogP contribution in [-0.4, -0.2) is 45.3 Å². The van der Waals surface area contributed by atoms with Gasteiger partial charge in [0.25, 0.3) is 10.0 Å². The monoisotopic (exact) mass is 414 g/mol. The molecule has 1 amide bonds. The van der Waals surface area contributed by atoms with Crippen molar-refractivity contribution >= 4 is 34.2 Å². The van der Waals surface area contributed by atoms with E-state index in [0.29, 0.717) is 24.6 Å². The number of nitrogens with one attached hydrogen (secondary N) is 3. The predicted molar refractivity (Wildman–Crippen MR) is 108 cm³/mol. The smallest absolute Gasteiger partial charge is 0.263 e. The zero-order chi connectivity index (χ0) is 18.7. The van der Waals surface area contributed by atoms with Crippen LogP contribution in [0.25, 0.3) is 0 Å². The van der Waals surface area contributed by atoms with Crippen molar-refractivity contribution in [2.45, 2.75) is 50.1 Å². The summed E-state index contributed by atoms with van der Waals surface area (Å²) >= 11 is 0. The van der Waals surface area contributed by atoms with Gasteiger partial charge in [-0.2, -0.15) is 0 Å². The van der Waals surface area contributed by atoms with Crippen molar-refractivity contribution in [3.63, 3.8) is 0 Å². The zero-order valence-electron chi connectivity index (χ0n) is 15.6. The molecule has 2 atom stereocenters. The van der Waals surface area contributed by atoms with Crippen LogP contribution in [0.1, 0.15) is 38.7 Å². The highest BCUT2D eigenvalue weighted by Crippen LogP contribution is 2.23. The first kappa shape index (κ1) is 21.7. The second kappa shape index (κ2) is 9.03. The summed E-state index contributed by atoms with van der Waals surface area (Å²) in [5, 5.41) is 6.31. The third-order valence-electron chi connectivity index (χ3n) is 4.63. The summed E-state index contributed by atoms with van der Waals surface area (Å²) in [6.07, 6.45) is 2.73. The number of benzene rings is 1. The van der Waals surface area contributed by atoms with Crippen LogP contribution in [0.15, 0.2) is 34.2 Å². The van der Waals surface area contributed by atoms with Crippen LogP contribution in [0.3, 0.4) is 0 Å². The maximum atomic E-state index is 12.7. The fourth-order valence-electron chi connectivity index (χ4n) is 3.32. The molecule has 0 aliphatic carbocycles. The van der Waals surface area contributed by atoms with Gasteiger partial charge in [-0.1, -0.05) is 26.0 Å². The maximum absolute atomic E-state index is 12.7. The number of hydrogen-bond donors (Lipinski definition) is 3. The zero-order valence-corrected chi connectivity index (χ0v) is 17.2. The molecular formula is C18H27ClN4O3S. The molecule has 2 aliphatic rings. The van der Waals surface area contributed by atoms with Crippen LogP contribution in [0.5, 0.6) is 0 Å². The number of nitrogens with zero attached hydrogens (tertiary/aromatic N) is 1. The van der Waals surface area contributed by atoms with Crippen molar-refractivity contribution in [3.8, 4) is 0 Å². The summed E-state index contributed by atoms with van der Waals surface area (Å²) in [5.41, 5.74) is 0.520. The third kappa shape index (κ3) is 5.21. The molecule has 0 saturated carbocycles. The molecule has 1 aromatic carbocycles. The molecule has 1 saturated heterocycles. The van der Waals surface area contributed by atoms with Crippen LogP contribution >= 0.6 is 12.4 Å². The molecule has 150 valence electrons. The summed E-state index contributed by atoms with van der Waals surface area (Å²) in [5.74, 6) is 0.344. The topological polar surface area (TPSA) is 99.7 Å². The van der Waals surface area contributed by atoms with E-state index in [1.54, 1.807) is 24.3 Å². The first-order valence-electron chi connectivity index (χ1n) is 9.08. The van der Waals surface area contributed by atoms with Crippen LogP contribution in [0.4, 0.5) is 0 Å². The quantitative estimate of drug-likeness (QED) is 0.655. The van der Waals surface area contributed by atoms with Gasteiger partial charge < -0.3 is 10.6 Å². The minimum atomic E-state index is -3.60. The fourth-order valence-corrected chi connectivity index (χ4v) is 4.56. The number of carbonyl (C=O) groups excluding carboxylic acids is 1. The SMILES string of the molecule is CC(C)CC(N=C1NS(=O)(=O)c2ccccc21)C(=O)NCC1CCCN1.Cl. The van der Waals surface area contributed by atoms with E-state index in [9.17, 15) is 13.2 Å². The van der Waals surface area contributed by atoms with Crippen molar-refractivity contribution in [1.82, 2.24) is 15.4 Å². The van der Waals surface area contributed by atoms with Crippen LogP contribution in [0, 0.1) is 5.92 Å². The number of amidine groups is 1. The van der Waals surface area contributed by atoms with Crippen molar-refractivity contribution in [2.24, 2.45) is 10.9 Å². The molecule has 1 fully saturated rings. The Labute approximate surface area is 166 Å². The van der Waals surface area contributed by atoms with Crippen molar-refractivity contribution in [3.05, 3.63) is 29.8 Å². The van der Waals surface area contributed by atoms with Gasteiger partial charge in [0.15, 0.2) is 0 Å². The lowest BCUT2D eigenvalue weighted by atomic mass is 10.0. The molecule has 27 heavy (non-hydrogen) atoms. The van der Waals surface area contributed by atoms with Crippen LogP contribution in [-0.2, 0) is 14.8 Å². The number of carbonyl (C=O) groups is 1. The lowest BCUT2D eigenvalue weighted by Crippen LogP contribution is -2.42. The number of hydrogen-bond acceptors (Lipinski definition) is 5. The van der Waals surface area contributed by atoms with E-state index in [1.165, 1.54) is 0 Å². The van der Waals surface area contributed by atoms with Crippen molar-refractivity contribution in [1.29, 1.82) is 0 Å². The van der Waals surface area contributed by atoms with Gasteiger partial charge in [-0.15, -0.1) is 12.4 Å². The molecule has 2 heterocycles. The molecule has 2 aliphatic heterocycles. The number of sulfonamides is 1. The second-order valence-electron chi connectivity index (χ2n) is 7.26. The Hall–Kier alpha value is -1.64. The Balaban J connectivity index is 0.00000261. The molecule has 3 rings (SSSR count). The van der Waals surface area contributed by atoms with Gasteiger partial charge in [0.1, 0.15) is 11.9 Å². The Morgan fingerprint density at radius 1 is 1.33 bits per heavy atom. The highest BCUT2D eigenvalue weighted by molar-refractivity contribution is 7.90. The van der Waals surface area contributed by atoms with Gasteiger partial charge >= 0.3 is 0 Å². The van der Waals surface area contributed by atoms with E-state index in [0.717, 1.165) is 19.4 Å². The lowest BCUT2D eigenvalue weighted by Gasteiger charge is -2.18. The van der Waals surface area contributed by atoms with E-state index in [1.807, 2.05) is 13.8 Å². The first-order chi connectivity index (χ1) is 12.4.